The average molecular weight is 518 g/mol. The van der Waals surface area contributed by atoms with E-state index in [0.29, 0.717) is 9.90 Å². The number of thiophene rings is 1. The molecule has 7 heteroatoms. The highest BCUT2D eigenvalue weighted by molar-refractivity contribution is 7.12. The van der Waals surface area contributed by atoms with Crippen molar-refractivity contribution in [1.82, 2.24) is 15.2 Å². The summed E-state index contributed by atoms with van der Waals surface area (Å²) in [7, 11) is 0. The summed E-state index contributed by atoms with van der Waals surface area (Å²) in [5, 5.41) is 6.72. The molecule has 2 amide bonds. The van der Waals surface area contributed by atoms with E-state index in [-0.39, 0.29) is 24.4 Å². The fraction of sp³-hybridized carbons (Fsp3) is 0.276. The lowest BCUT2D eigenvalue weighted by Gasteiger charge is -2.33. The molecular formula is C29H28ClN3O2S. The maximum atomic E-state index is 14.0. The number of nitrogens with zero attached hydrogens (tertiary/aromatic N) is 2. The Morgan fingerprint density at radius 3 is 2.58 bits per heavy atom. The molecule has 1 aliphatic carbocycles. The van der Waals surface area contributed by atoms with Gasteiger partial charge in [-0.05, 0) is 65.7 Å². The van der Waals surface area contributed by atoms with Crippen molar-refractivity contribution in [2.45, 2.75) is 50.7 Å². The van der Waals surface area contributed by atoms with Gasteiger partial charge in [-0.3, -0.25) is 14.6 Å². The molecule has 1 saturated carbocycles. The van der Waals surface area contributed by atoms with Gasteiger partial charge in [0.25, 0.3) is 5.91 Å². The molecule has 2 aromatic heterocycles. The number of halogens is 1. The third kappa shape index (κ3) is 5.61. The fourth-order valence-electron chi connectivity index (χ4n) is 4.87. The van der Waals surface area contributed by atoms with E-state index in [1.807, 2.05) is 72.1 Å². The van der Waals surface area contributed by atoms with Gasteiger partial charge in [-0.1, -0.05) is 61.2 Å². The molecule has 0 radical (unpaired) electrons. The number of pyridine rings is 1. The topological polar surface area (TPSA) is 62.3 Å². The Labute approximate surface area is 220 Å². The summed E-state index contributed by atoms with van der Waals surface area (Å²) < 4.78 is 0. The molecule has 1 aliphatic rings. The lowest BCUT2D eigenvalue weighted by atomic mass is 9.94. The van der Waals surface area contributed by atoms with Crippen molar-refractivity contribution >= 4 is 45.7 Å². The molecule has 0 bridgehead atoms. The summed E-state index contributed by atoms with van der Waals surface area (Å²) >= 11 is 7.50. The Bertz CT molecular complexity index is 1330. The summed E-state index contributed by atoms with van der Waals surface area (Å²) in [6.07, 6.45) is 7.11. The minimum Gasteiger partial charge on any atom is -0.351 e. The molecule has 0 unspecified atom stereocenters. The highest BCUT2D eigenvalue weighted by Crippen LogP contribution is 2.30. The Morgan fingerprint density at radius 2 is 1.83 bits per heavy atom. The maximum Gasteiger partial charge on any atom is 0.265 e. The third-order valence-electron chi connectivity index (χ3n) is 6.71. The van der Waals surface area contributed by atoms with Gasteiger partial charge in [-0.15, -0.1) is 11.3 Å². The standard InChI is InChI=1S/C29H28ClN3O2S/c30-23-13-10-20(11-14-23)19-33(29(35)26-9-5-17-36-26)27(28(34)32-24-7-2-1-3-8-24)22-12-15-25-21(18-22)6-4-16-31-25/h4-6,9-18,24,27H,1-3,7-8,19H2,(H,32,34)/t27-/m1/s1. The zero-order valence-electron chi connectivity index (χ0n) is 19.9. The first-order valence-electron chi connectivity index (χ1n) is 12.3. The van der Waals surface area contributed by atoms with Crippen LogP contribution < -0.4 is 5.32 Å². The molecule has 36 heavy (non-hydrogen) atoms. The summed E-state index contributed by atoms with van der Waals surface area (Å²) in [6, 6.07) is 20.1. The lowest BCUT2D eigenvalue weighted by Crippen LogP contribution is -2.46. The van der Waals surface area contributed by atoms with Crippen LogP contribution in [0.1, 0.15) is 58.9 Å². The molecule has 0 spiro atoms. The average Bonchev–Trinajstić information content (AvgIpc) is 3.45. The third-order valence-corrected chi connectivity index (χ3v) is 7.82. The second-order valence-corrected chi connectivity index (χ2v) is 10.6. The van der Waals surface area contributed by atoms with Crippen molar-refractivity contribution in [3.05, 3.63) is 99.3 Å². The van der Waals surface area contributed by atoms with E-state index >= 15 is 0 Å². The zero-order chi connectivity index (χ0) is 24.9. The molecule has 5 nitrogen and oxygen atoms in total. The Morgan fingerprint density at radius 1 is 1.03 bits per heavy atom. The van der Waals surface area contributed by atoms with E-state index in [4.69, 9.17) is 11.6 Å². The molecule has 184 valence electrons. The summed E-state index contributed by atoms with van der Waals surface area (Å²) in [5.41, 5.74) is 2.52. The molecular weight excluding hydrogens is 490 g/mol. The Kier molecular flexibility index (Phi) is 7.63. The highest BCUT2D eigenvalue weighted by Gasteiger charge is 2.34. The van der Waals surface area contributed by atoms with Crippen LogP contribution in [0.25, 0.3) is 10.9 Å². The van der Waals surface area contributed by atoms with Crippen LogP contribution in [-0.4, -0.2) is 27.7 Å². The van der Waals surface area contributed by atoms with Crippen molar-refractivity contribution in [3.63, 3.8) is 0 Å². The maximum absolute atomic E-state index is 14.0. The monoisotopic (exact) mass is 517 g/mol. The van der Waals surface area contributed by atoms with Gasteiger partial charge < -0.3 is 10.2 Å². The molecule has 1 N–H and O–H groups in total. The quantitative estimate of drug-likeness (QED) is 0.294. The fourth-order valence-corrected chi connectivity index (χ4v) is 5.68. The van der Waals surface area contributed by atoms with Gasteiger partial charge in [-0.2, -0.15) is 0 Å². The normalized spacial score (nSPS) is 14.9. The van der Waals surface area contributed by atoms with Crippen molar-refractivity contribution in [3.8, 4) is 0 Å². The zero-order valence-corrected chi connectivity index (χ0v) is 21.5. The SMILES string of the molecule is O=C(NC1CCCCC1)[C@@H](c1ccc2ncccc2c1)N(Cc1ccc(Cl)cc1)C(=O)c1cccs1. The van der Waals surface area contributed by atoms with Crippen molar-refractivity contribution in [2.24, 2.45) is 0 Å². The predicted octanol–water partition coefficient (Wildman–Crippen LogP) is 6.78. The molecule has 4 aromatic rings. The predicted molar refractivity (Wildman–Crippen MR) is 145 cm³/mol. The van der Waals surface area contributed by atoms with Crippen LogP contribution in [0.2, 0.25) is 5.02 Å². The number of rotatable bonds is 7. The van der Waals surface area contributed by atoms with Crippen LogP contribution in [0, 0.1) is 0 Å². The Hall–Kier alpha value is -3.22. The molecule has 2 aromatic carbocycles. The van der Waals surface area contributed by atoms with Gasteiger partial charge in [0.2, 0.25) is 5.91 Å². The number of benzene rings is 2. The van der Waals surface area contributed by atoms with Gasteiger partial charge in [-0.25, -0.2) is 0 Å². The van der Waals surface area contributed by atoms with E-state index < -0.39 is 6.04 Å². The van der Waals surface area contributed by atoms with E-state index in [1.54, 1.807) is 11.1 Å². The van der Waals surface area contributed by atoms with Crippen LogP contribution in [0.3, 0.4) is 0 Å². The van der Waals surface area contributed by atoms with Crippen LogP contribution in [-0.2, 0) is 11.3 Å². The van der Waals surface area contributed by atoms with Gasteiger partial charge in [0, 0.05) is 29.2 Å². The summed E-state index contributed by atoms with van der Waals surface area (Å²) in [4.78, 5) is 34.5. The number of carbonyl (C=O) groups excluding carboxylic acids is 2. The lowest BCUT2D eigenvalue weighted by molar-refractivity contribution is -0.127. The van der Waals surface area contributed by atoms with Gasteiger partial charge in [0.05, 0.1) is 10.4 Å². The van der Waals surface area contributed by atoms with Crippen molar-refractivity contribution in [1.29, 1.82) is 0 Å². The molecule has 1 atom stereocenters. The summed E-state index contributed by atoms with van der Waals surface area (Å²) in [5.74, 6) is -0.320. The van der Waals surface area contributed by atoms with Crippen molar-refractivity contribution in [2.75, 3.05) is 0 Å². The van der Waals surface area contributed by atoms with Crippen LogP contribution in [0.15, 0.2) is 78.3 Å². The van der Waals surface area contributed by atoms with E-state index in [0.717, 1.165) is 47.7 Å². The smallest absolute Gasteiger partial charge is 0.265 e. The first-order valence-corrected chi connectivity index (χ1v) is 13.6. The number of carbonyl (C=O) groups is 2. The van der Waals surface area contributed by atoms with E-state index in [2.05, 4.69) is 10.3 Å². The number of amides is 2. The van der Waals surface area contributed by atoms with E-state index in [1.165, 1.54) is 17.8 Å². The number of fused-ring (bicyclic) bond motifs is 1. The highest BCUT2D eigenvalue weighted by atomic mass is 35.5. The minimum absolute atomic E-state index is 0.130. The molecule has 1 fully saturated rings. The first-order chi connectivity index (χ1) is 17.6. The molecule has 0 aliphatic heterocycles. The van der Waals surface area contributed by atoms with Crippen LogP contribution in [0.5, 0.6) is 0 Å². The van der Waals surface area contributed by atoms with Crippen LogP contribution >= 0.6 is 22.9 Å². The number of nitrogens with one attached hydrogen (secondary N) is 1. The van der Waals surface area contributed by atoms with Gasteiger partial charge in [0.15, 0.2) is 0 Å². The van der Waals surface area contributed by atoms with Gasteiger partial charge in [0.1, 0.15) is 6.04 Å². The Balaban J connectivity index is 1.57. The largest absolute Gasteiger partial charge is 0.351 e. The first kappa shape index (κ1) is 24.5. The molecule has 5 rings (SSSR count). The van der Waals surface area contributed by atoms with Crippen LogP contribution in [0.4, 0.5) is 0 Å². The second-order valence-electron chi connectivity index (χ2n) is 9.24. The number of hydrogen-bond acceptors (Lipinski definition) is 4. The second kappa shape index (κ2) is 11.2. The molecule has 2 heterocycles. The minimum atomic E-state index is -0.790. The number of hydrogen-bond donors (Lipinski definition) is 1. The number of aromatic nitrogens is 1. The van der Waals surface area contributed by atoms with Crippen molar-refractivity contribution < 1.29 is 9.59 Å². The summed E-state index contributed by atoms with van der Waals surface area (Å²) in [6.45, 7) is 0.279. The van der Waals surface area contributed by atoms with Gasteiger partial charge >= 0.3 is 0 Å². The molecule has 0 saturated heterocycles. The van der Waals surface area contributed by atoms with E-state index in [9.17, 15) is 9.59 Å².